The summed E-state index contributed by atoms with van der Waals surface area (Å²) in [4.78, 5) is 2.18. The van der Waals surface area contributed by atoms with Crippen molar-refractivity contribution in [2.24, 2.45) is 5.10 Å². The van der Waals surface area contributed by atoms with Gasteiger partial charge in [0.1, 0.15) is 0 Å². The molecule has 0 aliphatic heterocycles. The van der Waals surface area contributed by atoms with E-state index in [1.165, 1.54) is 6.42 Å². The molecule has 0 radical (unpaired) electrons. The predicted molar refractivity (Wildman–Crippen MR) is 50.0 cm³/mol. The van der Waals surface area contributed by atoms with Crippen LogP contribution in [0.2, 0.25) is 0 Å². The predicted octanol–water partition coefficient (Wildman–Crippen LogP) is 0.876. The summed E-state index contributed by atoms with van der Waals surface area (Å²) in [5.74, 6) is 0. The van der Waals surface area contributed by atoms with Gasteiger partial charge in [-0.1, -0.05) is 0 Å². The van der Waals surface area contributed by atoms with Crippen molar-refractivity contribution in [1.82, 2.24) is 9.91 Å². The molecule has 0 aromatic carbocycles. The molecule has 0 saturated carbocycles. The number of hydrogen-bond acceptors (Lipinski definition) is 3. The minimum absolute atomic E-state index is 1.03. The summed E-state index contributed by atoms with van der Waals surface area (Å²) in [5, 5.41) is 6.07. The lowest BCUT2D eigenvalue weighted by molar-refractivity contribution is 0.313. The molecule has 0 amide bonds. The highest BCUT2D eigenvalue weighted by molar-refractivity contribution is 5.52. The molecule has 0 bridgehead atoms. The average molecular weight is 157 g/mol. The molecule has 0 aromatic rings. The van der Waals surface area contributed by atoms with Crippen molar-refractivity contribution in [3.63, 3.8) is 0 Å². The van der Waals surface area contributed by atoms with E-state index in [0.29, 0.717) is 0 Å². The van der Waals surface area contributed by atoms with Gasteiger partial charge < -0.3 is 9.91 Å². The van der Waals surface area contributed by atoms with E-state index >= 15 is 0 Å². The van der Waals surface area contributed by atoms with Crippen molar-refractivity contribution in [2.45, 2.75) is 13.3 Å². The quantitative estimate of drug-likeness (QED) is 0.436. The normalized spacial score (nSPS) is 11.4. The summed E-state index contributed by atoms with van der Waals surface area (Å²) >= 11 is 0. The van der Waals surface area contributed by atoms with Crippen LogP contribution < -0.4 is 0 Å². The van der Waals surface area contributed by atoms with E-state index in [1.807, 2.05) is 25.2 Å². The van der Waals surface area contributed by atoms with Gasteiger partial charge in [-0.15, -0.1) is 0 Å². The summed E-state index contributed by atoms with van der Waals surface area (Å²) < 4.78 is 0. The van der Waals surface area contributed by atoms with Crippen LogP contribution in [0.1, 0.15) is 13.3 Å². The summed E-state index contributed by atoms with van der Waals surface area (Å²) in [7, 11) is 6.17. The molecule has 0 atom stereocenters. The molecule has 0 saturated heterocycles. The number of nitrogens with zero attached hydrogens (tertiary/aromatic N) is 3. The third-order valence-corrected chi connectivity index (χ3v) is 1.40. The highest BCUT2D eigenvalue weighted by Crippen LogP contribution is 1.88. The lowest BCUT2D eigenvalue weighted by Crippen LogP contribution is -2.19. The maximum absolute atomic E-state index is 4.11. The Kier molecular flexibility index (Phi) is 5.84. The van der Waals surface area contributed by atoms with Gasteiger partial charge >= 0.3 is 0 Å². The Morgan fingerprint density at radius 1 is 1.18 bits per heavy atom. The van der Waals surface area contributed by atoms with Crippen LogP contribution in [0.15, 0.2) is 5.10 Å². The first-order valence-corrected chi connectivity index (χ1v) is 4.01. The Labute approximate surface area is 69.7 Å². The largest absolute Gasteiger partial charge is 0.309 e. The zero-order chi connectivity index (χ0) is 8.69. The molecular weight excluding hydrogens is 138 g/mol. The van der Waals surface area contributed by atoms with Crippen LogP contribution >= 0.6 is 0 Å². The van der Waals surface area contributed by atoms with Gasteiger partial charge in [-0.2, -0.15) is 5.10 Å². The molecule has 0 aromatic heterocycles. The van der Waals surface area contributed by atoms with Gasteiger partial charge in [0.2, 0.25) is 0 Å². The van der Waals surface area contributed by atoms with Crippen LogP contribution in [-0.4, -0.2) is 50.4 Å². The van der Waals surface area contributed by atoms with Crippen LogP contribution in [-0.2, 0) is 0 Å². The summed E-state index contributed by atoms with van der Waals surface area (Å²) in [6, 6.07) is 0. The van der Waals surface area contributed by atoms with Gasteiger partial charge in [-0.3, -0.25) is 0 Å². The van der Waals surface area contributed by atoms with Crippen LogP contribution in [0.4, 0.5) is 0 Å². The highest BCUT2D eigenvalue weighted by atomic mass is 15.4. The van der Waals surface area contributed by atoms with Crippen LogP contribution in [0.3, 0.4) is 0 Å². The van der Waals surface area contributed by atoms with Crippen molar-refractivity contribution >= 4 is 6.21 Å². The van der Waals surface area contributed by atoms with Gasteiger partial charge in [0, 0.05) is 19.8 Å². The second-order valence-corrected chi connectivity index (χ2v) is 2.91. The van der Waals surface area contributed by atoms with Crippen molar-refractivity contribution in [2.75, 3.05) is 34.2 Å². The van der Waals surface area contributed by atoms with Crippen LogP contribution in [0, 0.1) is 0 Å². The molecule has 0 N–H and O–H groups in total. The molecule has 0 aliphatic carbocycles. The third-order valence-electron chi connectivity index (χ3n) is 1.40. The second kappa shape index (κ2) is 6.16. The number of rotatable bonds is 5. The molecule has 0 fully saturated rings. The Morgan fingerprint density at radius 3 is 2.27 bits per heavy atom. The Balaban J connectivity index is 3.24. The minimum atomic E-state index is 1.03. The maximum atomic E-state index is 4.11. The van der Waals surface area contributed by atoms with E-state index < -0.39 is 0 Å². The Bertz CT molecular complexity index is 110. The van der Waals surface area contributed by atoms with Gasteiger partial charge in [0.15, 0.2) is 0 Å². The fourth-order valence-electron chi connectivity index (χ4n) is 0.871. The highest BCUT2D eigenvalue weighted by Gasteiger charge is 1.92. The van der Waals surface area contributed by atoms with Crippen molar-refractivity contribution in [3.05, 3.63) is 0 Å². The van der Waals surface area contributed by atoms with E-state index in [2.05, 4.69) is 24.1 Å². The first kappa shape index (κ1) is 10.4. The van der Waals surface area contributed by atoms with Crippen molar-refractivity contribution < 1.29 is 0 Å². The molecule has 3 nitrogen and oxygen atoms in total. The van der Waals surface area contributed by atoms with Gasteiger partial charge in [0.25, 0.3) is 0 Å². The first-order valence-electron chi connectivity index (χ1n) is 4.01. The smallest absolute Gasteiger partial charge is 0.0369 e. The second-order valence-electron chi connectivity index (χ2n) is 2.91. The Hall–Kier alpha value is -0.570. The molecule has 3 heteroatoms. The zero-order valence-corrected chi connectivity index (χ0v) is 8.04. The van der Waals surface area contributed by atoms with E-state index in [1.54, 1.807) is 0 Å². The van der Waals surface area contributed by atoms with Gasteiger partial charge in [0.05, 0.1) is 0 Å². The molecule has 66 valence electrons. The number of hydrogen-bond donors (Lipinski definition) is 0. The first-order chi connectivity index (χ1) is 5.16. The Morgan fingerprint density at radius 2 is 1.82 bits per heavy atom. The fourth-order valence-corrected chi connectivity index (χ4v) is 0.871. The molecule has 0 rings (SSSR count). The lowest BCUT2D eigenvalue weighted by atomic mass is 10.4. The van der Waals surface area contributed by atoms with Crippen LogP contribution in [0.25, 0.3) is 0 Å². The zero-order valence-electron chi connectivity index (χ0n) is 8.04. The van der Waals surface area contributed by atoms with E-state index in [-0.39, 0.29) is 0 Å². The number of hydrazone groups is 1. The van der Waals surface area contributed by atoms with E-state index in [0.717, 1.165) is 13.1 Å². The third kappa shape index (κ3) is 7.33. The molecular formula is C8H19N3. The molecule has 0 heterocycles. The minimum Gasteiger partial charge on any atom is -0.309 e. The van der Waals surface area contributed by atoms with Gasteiger partial charge in [-0.05, 0) is 34.0 Å². The van der Waals surface area contributed by atoms with Crippen molar-refractivity contribution in [3.8, 4) is 0 Å². The van der Waals surface area contributed by atoms with E-state index in [9.17, 15) is 0 Å². The molecule has 0 spiro atoms. The molecule has 0 aliphatic rings. The average Bonchev–Trinajstić information content (AvgIpc) is 1.87. The maximum Gasteiger partial charge on any atom is 0.0369 e. The standard InChI is InChI=1S/C8H19N3/c1-5-9-11(4)8-6-7-10(2)3/h5H,6-8H2,1-4H3. The fraction of sp³-hybridized carbons (Fsp3) is 0.875. The topological polar surface area (TPSA) is 18.8 Å². The van der Waals surface area contributed by atoms with Gasteiger partial charge in [-0.25, -0.2) is 0 Å². The molecule has 11 heavy (non-hydrogen) atoms. The SMILES string of the molecule is CC=NN(C)CCCN(C)C. The van der Waals surface area contributed by atoms with Crippen LogP contribution in [0.5, 0.6) is 0 Å². The summed E-state index contributed by atoms with van der Waals surface area (Å²) in [5.41, 5.74) is 0. The summed E-state index contributed by atoms with van der Waals surface area (Å²) in [6.07, 6.45) is 2.98. The van der Waals surface area contributed by atoms with E-state index in [4.69, 9.17) is 0 Å². The molecule has 0 unspecified atom stereocenters. The van der Waals surface area contributed by atoms with Crippen molar-refractivity contribution in [1.29, 1.82) is 0 Å². The lowest BCUT2D eigenvalue weighted by Gasteiger charge is -2.14. The monoisotopic (exact) mass is 157 g/mol. The summed E-state index contributed by atoms with van der Waals surface area (Å²) in [6.45, 7) is 4.09.